The van der Waals surface area contributed by atoms with Gasteiger partial charge >= 0.3 is 0 Å². The first-order valence-electron chi connectivity index (χ1n) is 6.30. The van der Waals surface area contributed by atoms with Crippen molar-refractivity contribution in [2.75, 3.05) is 59.5 Å². The Hall–Kier alpha value is -0.240. The van der Waals surface area contributed by atoms with Crippen molar-refractivity contribution in [3.05, 3.63) is 0 Å². The molecule has 0 spiro atoms. The maximum absolute atomic E-state index is 8.07. The largest absolute Gasteiger partial charge is 0.394 e. The SMILES string of the molecule is CCOCCO.CCOCCO.CCOCCO. The average molecular weight is 270 g/mol. The van der Waals surface area contributed by atoms with E-state index in [1.807, 2.05) is 20.8 Å². The van der Waals surface area contributed by atoms with Gasteiger partial charge in [0.25, 0.3) is 0 Å². The Bertz CT molecular complexity index is 71.5. The number of hydrogen-bond donors (Lipinski definition) is 3. The van der Waals surface area contributed by atoms with Gasteiger partial charge in [0.2, 0.25) is 0 Å². The summed E-state index contributed by atoms with van der Waals surface area (Å²) in [4.78, 5) is 0. The minimum atomic E-state index is 0.133. The third-order valence-corrected chi connectivity index (χ3v) is 1.32. The summed E-state index contributed by atoms with van der Waals surface area (Å²) in [5.74, 6) is 0. The van der Waals surface area contributed by atoms with E-state index in [0.29, 0.717) is 39.6 Å². The van der Waals surface area contributed by atoms with Gasteiger partial charge in [0.1, 0.15) is 0 Å². The third-order valence-electron chi connectivity index (χ3n) is 1.32. The van der Waals surface area contributed by atoms with Gasteiger partial charge in [0, 0.05) is 19.8 Å². The van der Waals surface area contributed by atoms with Crippen LogP contribution in [0.3, 0.4) is 0 Å². The molecular weight excluding hydrogens is 240 g/mol. The molecule has 0 aliphatic rings. The average Bonchev–Trinajstić information content (AvgIpc) is 2.42. The van der Waals surface area contributed by atoms with E-state index in [2.05, 4.69) is 0 Å². The van der Waals surface area contributed by atoms with E-state index in [0.717, 1.165) is 0 Å². The highest BCUT2D eigenvalue weighted by atomic mass is 16.5. The van der Waals surface area contributed by atoms with Crippen molar-refractivity contribution >= 4 is 0 Å². The first-order valence-corrected chi connectivity index (χ1v) is 6.30. The number of ether oxygens (including phenoxy) is 3. The van der Waals surface area contributed by atoms with E-state index in [1.54, 1.807) is 0 Å². The second-order valence-electron chi connectivity index (χ2n) is 2.76. The zero-order chi connectivity index (χ0) is 14.5. The van der Waals surface area contributed by atoms with Crippen molar-refractivity contribution in [3.8, 4) is 0 Å². The molecular formula is C12H30O6. The summed E-state index contributed by atoms with van der Waals surface area (Å²) in [6.45, 7) is 9.59. The van der Waals surface area contributed by atoms with Crippen molar-refractivity contribution in [1.29, 1.82) is 0 Å². The van der Waals surface area contributed by atoms with Crippen LogP contribution in [0.4, 0.5) is 0 Å². The molecule has 0 aliphatic carbocycles. The molecule has 0 radical (unpaired) electrons. The molecule has 6 heteroatoms. The van der Waals surface area contributed by atoms with E-state index in [4.69, 9.17) is 29.5 Å². The van der Waals surface area contributed by atoms with Gasteiger partial charge in [-0.15, -0.1) is 0 Å². The summed E-state index contributed by atoms with van der Waals surface area (Å²) in [5.41, 5.74) is 0. The van der Waals surface area contributed by atoms with Crippen LogP contribution in [0.5, 0.6) is 0 Å². The predicted octanol–water partition coefficient (Wildman–Crippen LogP) is 0.0456. The molecule has 3 N–H and O–H groups in total. The molecule has 0 heterocycles. The van der Waals surface area contributed by atoms with Gasteiger partial charge in [-0.2, -0.15) is 0 Å². The molecule has 0 atom stereocenters. The van der Waals surface area contributed by atoms with Crippen LogP contribution in [0.15, 0.2) is 0 Å². The molecule has 0 fully saturated rings. The second-order valence-corrected chi connectivity index (χ2v) is 2.76. The van der Waals surface area contributed by atoms with E-state index in [9.17, 15) is 0 Å². The summed E-state index contributed by atoms with van der Waals surface area (Å²) < 4.78 is 14.2. The Morgan fingerprint density at radius 1 is 0.556 bits per heavy atom. The van der Waals surface area contributed by atoms with Gasteiger partial charge in [-0.1, -0.05) is 0 Å². The topological polar surface area (TPSA) is 88.4 Å². The lowest BCUT2D eigenvalue weighted by Gasteiger charge is -1.91. The Labute approximate surface area is 110 Å². The fourth-order valence-corrected chi connectivity index (χ4v) is 0.627. The fourth-order valence-electron chi connectivity index (χ4n) is 0.627. The van der Waals surface area contributed by atoms with Gasteiger partial charge in [-0.25, -0.2) is 0 Å². The smallest absolute Gasteiger partial charge is 0.0697 e. The van der Waals surface area contributed by atoms with Crippen molar-refractivity contribution in [2.45, 2.75) is 20.8 Å². The van der Waals surface area contributed by atoms with Gasteiger partial charge in [-0.05, 0) is 20.8 Å². The minimum absolute atomic E-state index is 0.133. The summed E-state index contributed by atoms with van der Waals surface area (Å²) in [7, 11) is 0. The normalized spacial score (nSPS) is 9.00. The molecule has 0 bridgehead atoms. The highest BCUT2D eigenvalue weighted by Gasteiger charge is 1.74. The zero-order valence-electron chi connectivity index (χ0n) is 11.9. The highest BCUT2D eigenvalue weighted by molar-refractivity contribution is 4.19. The molecule has 0 saturated heterocycles. The molecule has 114 valence electrons. The van der Waals surface area contributed by atoms with Gasteiger partial charge in [-0.3, -0.25) is 0 Å². The van der Waals surface area contributed by atoms with Gasteiger partial charge in [0.05, 0.1) is 39.6 Å². The minimum Gasteiger partial charge on any atom is -0.394 e. The molecule has 0 aliphatic heterocycles. The van der Waals surface area contributed by atoms with Crippen molar-refractivity contribution in [2.24, 2.45) is 0 Å². The van der Waals surface area contributed by atoms with Crippen molar-refractivity contribution < 1.29 is 29.5 Å². The van der Waals surface area contributed by atoms with Crippen LogP contribution < -0.4 is 0 Å². The Balaban J connectivity index is -0.000000187. The van der Waals surface area contributed by atoms with Crippen molar-refractivity contribution in [3.63, 3.8) is 0 Å². The second kappa shape index (κ2) is 30.1. The maximum Gasteiger partial charge on any atom is 0.0697 e. The predicted molar refractivity (Wildman–Crippen MR) is 70.7 cm³/mol. The molecule has 6 nitrogen and oxygen atoms in total. The van der Waals surface area contributed by atoms with E-state index < -0.39 is 0 Å². The van der Waals surface area contributed by atoms with Crippen LogP contribution in [-0.2, 0) is 14.2 Å². The molecule has 0 aromatic carbocycles. The first kappa shape index (κ1) is 22.9. The molecule has 0 aromatic heterocycles. The fraction of sp³-hybridized carbons (Fsp3) is 1.00. The molecule has 18 heavy (non-hydrogen) atoms. The zero-order valence-corrected chi connectivity index (χ0v) is 11.9. The van der Waals surface area contributed by atoms with Crippen molar-refractivity contribution in [1.82, 2.24) is 0 Å². The van der Waals surface area contributed by atoms with Crippen LogP contribution in [0.2, 0.25) is 0 Å². The van der Waals surface area contributed by atoms with Crippen LogP contribution in [0.1, 0.15) is 20.8 Å². The molecule has 0 rings (SSSR count). The highest BCUT2D eigenvalue weighted by Crippen LogP contribution is 1.67. The molecule has 0 unspecified atom stereocenters. The summed E-state index contributed by atoms with van der Waals surface area (Å²) in [6.07, 6.45) is 0. The van der Waals surface area contributed by atoms with Crippen LogP contribution >= 0.6 is 0 Å². The lowest BCUT2D eigenvalue weighted by molar-refractivity contribution is 0.102. The standard InChI is InChI=1S/3C4H10O2/c3*1-2-6-4-3-5/h3*5H,2-4H2,1H3. The molecule has 0 saturated carbocycles. The lowest BCUT2D eigenvalue weighted by Crippen LogP contribution is -1.96. The molecule has 0 aromatic rings. The van der Waals surface area contributed by atoms with Crippen LogP contribution in [-0.4, -0.2) is 74.8 Å². The monoisotopic (exact) mass is 270 g/mol. The first-order chi connectivity index (χ1) is 8.74. The number of rotatable bonds is 9. The van der Waals surface area contributed by atoms with Gasteiger partial charge in [0.15, 0.2) is 0 Å². The number of hydrogen-bond acceptors (Lipinski definition) is 6. The number of aliphatic hydroxyl groups excluding tert-OH is 3. The Kier molecular flexibility index (Phi) is 38.3. The maximum atomic E-state index is 8.07. The summed E-state index contributed by atoms with van der Waals surface area (Å²) in [6, 6.07) is 0. The van der Waals surface area contributed by atoms with E-state index in [1.165, 1.54) is 0 Å². The third kappa shape index (κ3) is 44.7. The summed E-state index contributed by atoms with van der Waals surface area (Å²) >= 11 is 0. The number of aliphatic hydroxyl groups is 3. The van der Waals surface area contributed by atoms with E-state index in [-0.39, 0.29) is 19.8 Å². The quantitative estimate of drug-likeness (QED) is 0.513. The Morgan fingerprint density at radius 2 is 0.778 bits per heavy atom. The Morgan fingerprint density at radius 3 is 0.833 bits per heavy atom. The summed E-state index contributed by atoms with van der Waals surface area (Å²) in [5, 5.41) is 24.2. The van der Waals surface area contributed by atoms with Gasteiger partial charge < -0.3 is 29.5 Å². The lowest BCUT2D eigenvalue weighted by atomic mass is 10.8. The van der Waals surface area contributed by atoms with Crippen LogP contribution in [0, 0.1) is 0 Å². The molecule has 0 amide bonds. The van der Waals surface area contributed by atoms with E-state index >= 15 is 0 Å². The van der Waals surface area contributed by atoms with Crippen LogP contribution in [0.25, 0.3) is 0 Å².